The van der Waals surface area contributed by atoms with E-state index in [0.717, 1.165) is 25.9 Å². The number of alkyl carbamates (subject to hydrolysis) is 1. The number of carbonyl (C=O) groups excluding carboxylic acids is 3. The number of carbonyl (C=O) groups is 3. The van der Waals surface area contributed by atoms with Crippen LogP contribution in [0.2, 0.25) is 0 Å². The molecule has 1 amide bonds. The quantitative estimate of drug-likeness (QED) is 0.774. The van der Waals surface area contributed by atoms with Crippen molar-refractivity contribution < 1.29 is 19.1 Å². The van der Waals surface area contributed by atoms with Crippen LogP contribution in [0.25, 0.3) is 0 Å². The molecule has 1 unspecified atom stereocenters. The Morgan fingerprint density at radius 3 is 2.13 bits per heavy atom. The molecule has 0 spiro atoms. The highest BCUT2D eigenvalue weighted by atomic mass is 16.6. The van der Waals surface area contributed by atoms with Gasteiger partial charge in [-0.3, -0.25) is 9.59 Å². The van der Waals surface area contributed by atoms with Gasteiger partial charge in [0.2, 0.25) is 0 Å². The number of Topliss-reactive ketones (excluding diaryl/α,β-unsaturated/α-hetero) is 2. The molecule has 0 aromatic rings. The standard InChI is InChI=1S/C17H30N2O4/c1-11(2)15(20)10-14(16(21)12(3)4)18-17(22)23-13-6-8-19(5)9-7-13/h11-14H,6-10H2,1-5H3,(H,18,22). The number of ether oxygens (including phenoxy) is 1. The Kier molecular flexibility index (Phi) is 7.68. The van der Waals surface area contributed by atoms with Gasteiger partial charge in [0.15, 0.2) is 5.78 Å². The van der Waals surface area contributed by atoms with Gasteiger partial charge in [-0.2, -0.15) is 0 Å². The molecule has 23 heavy (non-hydrogen) atoms. The van der Waals surface area contributed by atoms with Gasteiger partial charge in [-0.1, -0.05) is 27.7 Å². The largest absolute Gasteiger partial charge is 0.446 e. The van der Waals surface area contributed by atoms with E-state index in [9.17, 15) is 14.4 Å². The van der Waals surface area contributed by atoms with Crippen LogP contribution >= 0.6 is 0 Å². The molecule has 1 fully saturated rings. The summed E-state index contributed by atoms with van der Waals surface area (Å²) in [5.41, 5.74) is 0. The maximum absolute atomic E-state index is 12.2. The fraction of sp³-hybridized carbons (Fsp3) is 0.824. The van der Waals surface area contributed by atoms with Crippen LogP contribution in [0, 0.1) is 11.8 Å². The molecule has 1 heterocycles. The Bertz CT molecular complexity index is 426. The number of nitrogens with one attached hydrogen (secondary N) is 1. The number of hydrogen-bond acceptors (Lipinski definition) is 5. The molecule has 1 aliphatic rings. The lowest BCUT2D eigenvalue weighted by molar-refractivity contribution is -0.129. The first-order valence-electron chi connectivity index (χ1n) is 8.42. The van der Waals surface area contributed by atoms with Crippen LogP contribution in [0.3, 0.4) is 0 Å². The smallest absolute Gasteiger partial charge is 0.408 e. The molecule has 0 aromatic carbocycles. The van der Waals surface area contributed by atoms with Crippen LogP contribution < -0.4 is 5.32 Å². The summed E-state index contributed by atoms with van der Waals surface area (Å²) in [6.07, 6.45) is 0.879. The monoisotopic (exact) mass is 326 g/mol. The zero-order valence-corrected chi connectivity index (χ0v) is 14.9. The predicted octanol–water partition coefficient (Wildman–Crippen LogP) is 2.02. The van der Waals surface area contributed by atoms with Crippen molar-refractivity contribution in [3.63, 3.8) is 0 Å². The minimum atomic E-state index is -0.802. The Morgan fingerprint density at radius 1 is 1.09 bits per heavy atom. The molecule has 0 radical (unpaired) electrons. The van der Waals surface area contributed by atoms with Crippen LogP contribution in [0.15, 0.2) is 0 Å². The molecule has 6 heteroatoms. The average Bonchev–Trinajstić information content (AvgIpc) is 2.47. The van der Waals surface area contributed by atoms with E-state index in [4.69, 9.17) is 4.74 Å². The van der Waals surface area contributed by atoms with Crippen molar-refractivity contribution in [2.45, 2.75) is 59.1 Å². The van der Waals surface area contributed by atoms with Crippen molar-refractivity contribution in [2.24, 2.45) is 11.8 Å². The molecule has 0 bridgehead atoms. The van der Waals surface area contributed by atoms with Gasteiger partial charge in [-0.05, 0) is 19.9 Å². The second-order valence-electron chi connectivity index (χ2n) is 6.99. The number of hydrogen-bond donors (Lipinski definition) is 1. The van der Waals surface area contributed by atoms with Crippen LogP contribution in [0.5, 0.6) is 0 Å². The maximum atomic E-state index is 12.2. The molecule has 1 aliphatic heterocycles. The molecular weight excluding hydrogens is 296 g/mol. The first-order chi connectivity index (χ1) is 10.7. The van der Waals surface area contributed by atoms with Crippen LogP contribution in [0.1, 0.15) is 47.0 Å². The van der Waals surface area contributed by atoms with Crippen molar-refractivity contribution in [1.82, 2.24) is 10.2 Å². The van der Waals surface area contributed by atoms with Gasteiger partial charge in [0.1, 0.15) is 11.9 Å². The van der Waals surface area contributed by atoms with Crippen molar-refractivity contribution in [3.8, 4) is 0 Å². The SMILES string of the molecule is CC(C)C(=O)CC(NC(=O)OC1CCN(C)CC1)C(=O)C(C)C. The maximum Gasteiger partial charge on any atom is 0.408 e. The lowest BCUT2D eigenvalue weighted by atomic mass is 9.94. The summed E-state index contributed by atoms with van der Waals surface area (Å²) in [7, 11) is 2.03. The number of likely N-dealkylation sites (tertiary alicyclic amines) is 1. The third kappa shape index (κ3) is 6.69. The third-order valence-corrected chi connectivity index (χ3v) is 4.19. The molecule has 132 valence electrons. The van der Waals surface area contributed by atoms with Crippen molar-refractivity contribution in [1.29, 1.82) is 0 Å². The number of rotatable bonds is 7. The Balaban J connectivity index is 2.59. The Hall–Kier alpha value is -1.43. The zero-order chi connectivity index (χ0) is 17.6. The van der Waals surface area contributed by atoms with E-state index >= 15 is 0 Å². The van der Waals surface area contributed by atoms with E-state index < -0.39 is 12.1 Å². The second-order valence-corrected chi connectivity index (χ2v) is 6.99. The molecule has 6 nitrogen and oxygen atoms in total. The molecule has 0 aromatic heterocycles. The van der Waals surface area contributed by atoms with Crippen molar-refractivity contribution in [3.05, 3.63) is 0 Å². The van der Waals surface area contributed by atoms with E-state index in [1.807, 2.05) is 7.05 Å². The first kappa shape index (κ1) is 19.6. The van der Waals surface area contributed by atoms with Crippen LogP contribution in [-0.2, 0) is 14.3 Å². The predicted molar refractivity (Wildman–Crippen MR) is 88.2 cm³/mol. The zero-order valence-electron chi connectivity index (χ0n) is 14.9. The molecule has 1 N–H and O–H groups in total. The highest BCUT2D eigenvalue weighted by Crippen LogP contribution is 2.13. The van der Waals surface area contributed by atoms with E-state index in [0.29, 0.717) is 0 Å². The normalized spacial score (nSPS) is 18.0. The highest BCUT2D eigenvalue weighted by Gasteiger charge is 2.28. The Labute approximate surface area is 138 Å². The molecule has 1 rings (SSSR count). The number of ketones is 2. The van der Waals surface area contributed by atoms with Gasteiger partial charge < -0.3 is 15.0 Å². The average molecular weight is 326 g/mol. The minimum absolute atomic E-state index is 0.0250. The van der Waals surface area contributed by atoms with Gasteiger partial charge >= 0.3 is 6.09 Å². The summed E-state index contributed by atoms with van der Waals surface area (Å²) >= 11 is 0. The van der Waals surface area contributed by atoms with E-state index in [1.165, 1.54) is 0 Å². The fourth-order valence-electron chi connectivity index (χ4n) is 2.49. The number of amides is 1. The molecule has 1 saturated heterocycles. The van der Waals surface area contributed by atoms with E-state index in [1.54, 1.807) is 27.7 Å². The van der Waals surface area contributed by atoms with Crippen LogP contribution in [-0.4, -0.2) is 54.8 Å². The van der Waals surface area contributed by atoms with Crippen molar-refractivity contribution in [2.75, 3.05) is 20.1 Å². The van der Waals surface area contributed by atoms with Gasteiger partial charge in [-0.25, -0.2) is 4.79 Å². The van der Waals surface area contributed by atoms with E-state index in [2.05, 4.69) is 10.2 Å². The summed E-state index contributed by atoms with van der Waals surface area (Å²) < 4.78 is 5.40. The van der Waals surface area contributed by atoms with Gasteiger partial charge in [-0.15, -0.1) is 0 Å². The number of piperidine rings is 1. The molecular formula is C17H30N2O4. The molecule has 0 saturated carbocycles. The summed E-state index contributed by atoms with van der Waals surface area (Å²) in [5.74, 6) is -0.587. The third-order valence-electron chi connectivity index (χ3n) is 4.19. The van der Waals surface area contributed by atoms with Crippen molar-refractivity contribution >= 4 is 17.7 Å². The number of nitrogens with zero attached hydrogens (tertiary/aromatic N) is 1. The summed E-state index contributed by atoms with van der Waals surface area (Å²) in [4.78, 5) is 38.4. The topological polar surface area (TPSA) is 75.7 Å². The highest BCUT2D eigenvalue weighted by molar-refractivity contribution is 5.94. The molecule has 1 atom stereocenters. The van der Waals surface area contributed by atoms with E-state index in [-0.39, 0.29) is 35.9 Å². The van der Waals surface area contributed by atoms with Gasteiger partial charge in [0.05, 0.1) is 6.04 Å². The summed E-state index contributed by atoms with van der Waals surface area (Å²) in [6.45, 7) is 8.88. The fourth-order valence-corrected chi connectivity index (χ4v) is 2.49. The second kappa shape index (κ2) is 9.01. The summed E-state index contributed by atoms with van der Waals surface area (Å²) in [5, 5.41) is 2.60. The minimum Gasteiger partial charge on any atom is -0.446 e. The van der Waals surface area contributed by atoms with Crippen LogP contribution in [0.4, 0.5) is 4.79 Å². The Morgan fingerprint density at radius 2 is 1.65 bits per heavy atom. The lowest BCUT2D eigenvalue weighted by Crippen LogP contribution is -2.46. The van der Waals surface area contributed by atoms with Gasteiger partial charge in [0, 0.05) is 31.3 Å². The lowest BCUT2D eigenvalue weighted by Gasteiger charge is -2.29. The first-order valence-corrected chi connectivity index (χ1v) is 8.42. The summed E-state index contributed by atoms with van der Waals surface area (Å²) in [6, 6.07) is -0.802. The molecule has 0 aliphatic carbocycles. The van der Waals surface area contributed by atoms with Gasteiger partial charge in [0.25, 0.3) is 0 Å².